The van der Waals surface area contributed by atoms with Crippen LogP contribution >= 0.6 is 0 Å². The molecule has 1 N–H and O–H groups in total. The van der Waals surface area contributed by atoms with Crippen molar-refractivity contribution in [1.82, 2.24) is 9.79 Å². The molecule has 31 heavy (non-hydrogen) atoms. The Bertz CT molecular complexity index is 1050. The number of hydrogen-bond acceptors (Lipinski definition) is 8. The van der Waals surface area contributed by atoms with Crippen molar-refractivity contribution in [3.05, 3.63) is 65.7 Å². The topological polar surface area (TPSA) is 119 Å². The van der Waals surface area contributed by atoms with Crippen LogP contribution in [0.3, 0.4) is 0 Å². The third-order valence-corrected chi connectivity index (χ3v) is 6.31. The largest absolute Gasteiger partial charge is 0.443 e. The highest BCUT2D eigenvalue weighted by molar-refractivity contribution is 7.90. The standard InChI is InChI=1S/C21H22N2O7S/c24-19(12-6-7-13-22-30-20(25)14-16-8-2-1-3-9-16)29-15-23-21(26)17-10-4-5-11-18(17)31(23,27)28/h1-5,8-11,22H,6-7,12-15H2. The van der Waals surface area contributed by atoms with Crippen LogP contribution in [0.4, 0.5) is 0 Å². The molecule has 1 heterocycles. The summed E-state index contributed by atoms with van der Waals surface area (Å²) in [4.78, 5) is 40.6. The summed E-state index contributed by atoms with van der Waals surface area (Å²) in [5.41, 5.74) is 3.46. The van der Waals surface area contributed by atoms with E-state index in [4.69, 9.17) is 9.57 Å². The molecule has 0 aliphatic carbocycles. The summed E-state index contributed by atoms with van der Waals surface area (Å²) in [6.45, 7) is -0.313. The van der Waals surface area contributed by atoms with E-state index in [1.165, 1.54) is 18.2 Å². The summed E-state index contributed by atoms with van der Waals surface area (Å²) in [7, 11) is -4.01. The van der Waals surface area contributed by atoms with E-state index in [-0.39, 0.29) is 23.3 Å². The summed E-state index contributed by atoms with van der Waals surface area (Å²) in [5.74, 6) is -1.76. The van der Waals surface area contributed by atoms with Gasteiger partial charge in [-0.1, -0.05) is 42.5 Å². The lowest BCUT2D eigenvalue weighted by Crippen LogP contribution is -2.33. The smallest absolute Gasteiger partial charge is 0.329 e. The first-order valence-corrected chi connectivity index (χ1v) is 11.1. The molecule has 0 saturated carbocycles. The Hall–Kier alpha value is -3.24. The van der Waals surface area contributed by atoms with Crippen molar-refractivity contribution >= 4 is 27.9 Å². The molecule has 0 aromatic heterocycles. The first-order valence-electron chi connectivity index (χ1n) is 9.68. The fourth-order valence-electron chi connectivity index (χ4n) is 2.96. The van der Waals surface area contributed by atoms with Gasteiger partial charge in [-0.15, -0.1) is 0 Å². The number of nitrogens with one attached hydrogen (secondary N) is 1. The Kier molecular flexibility index (Phi) is 7.37. The molecule has 0 atom stereocenters. The molecule has 0 bridgehead atoms. The predicted octanol–water partition coefficient (Wildman–Crippen LogP) is 1.79. The van der Waals surface area contributed by atoms with Crippen molar-refractivity contribution in [2.75, 3.05) is 13.3 Å². The molecule has 9 nitrogen and oxygen atoms in total. The molecule has 0 spiro atoms. The van der Waals surface area contributed by atoms with Gasteiger partial charge < -0.3 is 9.57 Å². The van der Waals surface area contributed by atoms with Crippen LogP contribution in [0.25, 0.3) is 0 Å². The van der Waals surface area contributed by atoms with E-state index in [2.05, 4.69) is 5.48 Å². The number of nitrogens with zero attached hydrogens (tertiary/aromatic N) is 1. The van der Waals surface area contributed by atoms with Crippen molar-refractivity contribution in [1.29, 1.82) is 0 Å². The number of ether oxygens (including phenoxy) is 1. The van der Waals surface area contributed by atoms with Crippen LogP contribution in [0.15, 0.2) is 59.5 Å². The average Bonchev–Trinajstić information content (AvgIpc) is 2.95. The predicted molar refractivity (Wildman–Crippen MR) is 109 cm³/mol. The molecule has 0 saturated heterocycles. The second-order valence-electron chi connectivity index (χ2n) is 6.79. The number of unbranched alkanes of at least 4 members (excludes halogenated alkanes) is 1. The van der Waals surface area contributed by atoms with Gasteiger partial charge in [-0.25, -0.2) is 8.42 Å². The number of benzene rings is 2. The first-order chi connectivity index (χ1) is 14.9. The third-order valence-electron chi connectivity index (χ3n) is 4.54. The molecule has 10 heteroatoms. The fourth-order valence-corrected chi connectivity index (χ4v) is 4.39. The number of sulfonamides is 1. The average molecular weight is 446 g/mol. The van der Waals surface area contributed by atoms with E-state index in [0.717, 1.165) is 5.56 Å². The van der Waals surface area contributed by atoms with Gasteiger partial charge in [-0.2, -0.15) is 9.79 Å². The molecule has 3 rings (SSSR count). The minimum absolute atomic E-state index is 0.0364. The third kappa shape index (κ3) is 5.68. The normalized spacial score (nSPS) is 14.2. The SMILES string of the molecule is O=C(CCCCNOC(=O)Cc1ccccc1)OCN1C(=O)c2ccccc2S1(=O)=O. The lowest BCUT2D eigenvalue weighted by molar-refractivity contribution is -0.150. The number of carbonyl (C=O) groups is 3. The molecule has 2 aromatic rings. The lowest BCUT2D eigenvalue weighted by Gasteiger charge is -2.15. The highest BCUT2D eigenvalue weighted by Crippen LogP contribution is 2.29. The highest BCUT2D eigenvalue weighted by Gasteiger charge is 2.41. The van der Waals surface area contributed by atoms with E-state index in [0.29, 0.717) is 23.7 Å². The fraction of sp³-hybridized carbons (Fsp3) is 0.286. The maximum absolute atomic E-state index is 12.4. The van der Waals surface area contributed by atoms with Crippen molar-refractivity contribution < 1.29 is 32.4 Å². The van der Waals surface area contributed by atoms with E-state index in [9.17, 15) is 22.8 Å². The van der Waals surface area contributed by atoms with Crippen LogP contribution in [0, 0.1) is 0 Å². The summed E-state index contributed by atoms with van der Waals surface area (Å²) in [6, 6.07) is 15.0. The van der Waals surface area contributed by atoms with Gasteiger partial charge in [0.25, 0.3) is 15.9 Å². The first kappa shape index (κ1) is 22.4. The van der Waals surface area contributed by atoms with Gasteiger partial charge in [-0.05, 0) is 30.5 Å². The van der Waals surface area contributed by atoms with Gasteiger partial charge >= 0.3 is 11.9 Å². The second kappa shape index (κ2) is 10.2. The van der Waals surface area contributed by atoms with Crippen LogP contribution in [0.5, 0.6) is 0 Å². The Balaban J connectivity index is 1.31. The number of carbonyl (C=O) groups excluding carboxylic acids is 3. The van der Waals surface area contributed by atoms with Crippen LogP contribution in [0.2, 0.25) is 0 Å². The van der Waals surface area contributed by atoms with E-state index in [1.54, 1.807) is 6.07 Å². The minimum Gasteiger partial charge on any atom is -0.443 e. The molecule has 0 unspecified atom stereocenters. The Labute approximate surface area is 180 Å². The molecule has 164 valence electrons. The quantitative estimate of drug-likeness (QED) is 0.333. The molecule has 0 radical (unpaired) electrons. The minimum atomic E-state index is -4.01. The van der Waals surface area contributed by atoms with Gasteiger partial charge in [0.15, 0.2) is 6.73 Å². The number of hydroxylamine groups is 1. The van der Waals surface area contributed by atoms with Gasteiger partial charge in [0.2, 0.25) is 0 Å². The lowest BCUT2D eigenvalue weighted by atomic mass is 10.2. The second-order valence-corrected chi connectivity index (χ2v) is 8.62. The van der Waals surface area contributed by atoms with Gasteiger partial charge in [0, 0.05) is 13.0 Å². The Morgan fingerprint density at radius 2 is 1.65 bits per heavy atom. The van der Waals surface area contributed by atoms with Gasteiger partial charge in [0.05, 0.1) is 12.0 Å². The van der Waals surface area contributed by atoms with E-state index in [1.807, 2.05) is 30.3 Å². The maximum Gasteiger partial charge on any atom is 0.329 e. The van der Waals surface area contributed by atoms with Crippen molar-refractivity contribution in [2.45, 2.75) is 30.6 Å². The van der Waals surface area contributed by atoms with Crippen molar-refractivity contribution in [2.24, 2.45) is 0 Å². The van der Waals surface area contributed by atoms with E-state index >= 15 is 0 Å². The molecule has 1 amide bonds. The summed E-state index contributed by atoms with van der Waals surface area (Å²) in [6.07, 6.45) is 1.15. The molecule has 1 aliphatic rings. The van der Waals surface area contributed by atoms with Gasteiger partial charge in [0.1, 0.15) is 4.90 Å². The summed E-state index contributed by atoms with van der Waals surface area (Å²) in [5, 5.41) is 0. The number of hydrogen-bond donors (Lipinski definition) is 1. The summed E-state index contributed by atoms with van der Waals surface area (Å²) >= 11 is 0. The van der Waals surface area contributed by atoms with Crippen LogP contribution in [0.1, 0.15) is 35.2 Å². The zero-order valence-electron chi connectivity index (χ0n) is 16.7. The van der Waals surface area contributed by atoms with Crippen LogP contribution < -0.4 is 5.48 Å². The zero-order valence-corrected chi connectivity index (χ0v) is 17.5. The molecule has 0 fully saturated rings. The summed E-state index contributed by atoms with van der Waals surface area (Å²) < 4.78 is 30.2. The number of rotatable bonds is 10. The molecule has 1 aliphatic heterocycles. The van der Waals surface area contributed by atoms with Crippen LogP contribution in [-0.2, 0) is 35.6 Å². The maximum atomic E-state index is 12.4. The Morgan fingerprint density at radius 3 is 2.39 bits per heavy atom. The highest BCUT2D eigenvalue weighted by atomic mass is 32.2. The van der Waals surface area contributed by atoms with Crippen LogP contribution in [-0.4, -0.2) is 43.8 Å². The van der Waals surface area contributed by atoms with Gasteiger partial charge in [-0.3, -0.25) is 14.4 Å². The number of fused-ring (bicyclic) bond motifs is 1. The van der Waals surface area contributed by atoms with Crippen molar-refractivity contribution in [3.8, 4) is 0 Å². The number of esters is 1. The van der Waals surface area contributed by atoms with E-state index < -0.39 is 34.6 Å². The Morgan fingerprint density at radius 1 is 0.935 bits per heavy atom. The number of amides is 1. The molecular weight excluding hydrogens is 424 g/mol. The molecule has 2 aromatic carbocycles. The zero-order chi connectivity index (χ0) is 22.3. The monoisotopic (exact) mass is 446 g/mol. The van der Waals surface area contributed by atoms with Crippen molar-refractivity contribution in [3.63, 3.8) is 0 Å². The molecular formula is C21H22N2O7S.